The average Bonchev–Trinajstić information content (AvgIpc) is 2.93. The van der Waals surface area contributed by atoms with Crippen molar-refractivity contribution < 1.29 is 22.9 Å². The predicted octanol–water partition coefficient (Wildman–Crippen LogP) is 0.652. The number of carbonyl (C=O) groups is 2. The maximum Gasteiger partial charge on any atom is 0.366 e. The molecule has 0 aliphatic heterocycles. The molecule has 0 bridgehead atoms. The second-order valence-corrected chi connectivity index (χ2v) is 5.24. The molecule has 2 aromatic heterocycles. The van der Waals surface area contributed by atoms with Gasteiger partial charge in [-0.25, -0.2) is 0 Å². The number of aromatic nitrogens is 2. The minimum Gasteiger partial charge on any atom is -0.383 e. The zero-order chi connectivity index (χ0) is 18.6. The number of nitrogens with zero attached hydrogens (tertiary/aromatic N) is 2. The summed E-state index contributed by atoms with van der Waals surface area (Å²) in [6.07, 6.45) is 1.17. The molecule has 2 N–H and O–H groups in total. The number of aromatic amines is 1. The molecule has 2 amide bonds. The van der Waals surface area contributed by atoms with Gasteiger partial charge in [-0.15, -0.1) is 0 Å². The van der Waals surface area contributed by atoms with Crippen molar-refractivity contribution >= 4 is 11.8 Å². The number of hydrogen-bond acceptors (Lipinski definition) is 5. The van der Waals surface area contributed by atoms with Crippen LogP contribution in [0.4, 0.5) is 8.78 Å². The van der Waals surface area contributed by atoms with E-state index in [1.807, 2.05) is 5.16 Å². The molecule has 0 atom stereocenters. The molecule has 0 spiro atoms. The SMILES string of the molecule is Cc1o[nH]c(=O)c1C(=O)NCCN(C)C(=O)C(F)(F)c1ccccn1. The van der Waals surface area contributed by atoms with Crippen LogP contribution in [0.15, 0.2) is 33.7 Å². The molecule has 0 unspecified atom stereocenters. The average molecular weight is 354 g/mol. The van der Waals surface area contributed by atoms with Gasteiger partial charge >= 0.3 is 5.92 Å². The number of nitrogens with one attached hydrogen (secondary N) is 2. The van der Waals surface area contributed by atoms with Crippen LogP contribution in [0.2, 0.25) is 0 Å². The van der Waals surface area contributed by atoms with Crippen molar-refractivity contribution in [3.8, 4) is 0 Å². The molecule has 0 fully saturated rings. The van der Waals surface area contributed by atoms with Crippen LogP contribution in [-0.4, -0.2) is 47.0 Å². The maximum atomic E-state index is 14.1. The molecule has 134 valence electrons. The molecule has 8 nitrogen and oxygen atoms in total. The third kappa shape index (κ3) is 3.90. The van der Waals surface area contributed by atoms with Gasteiger partial charge in [0, 0.05) is 26.3 Å². The van der Waals surface area contributed by atoms with Crippen LogP contribution in [-0.2, 0) is 10.7 Å². The number of rotatable bonds is 6. The van der Waals surface area contributed by atoms with E-state index in [0.717, 1.165) is 11.0 Å². The molecule has 0 saturated carbocycles. The fraction of sp³-hybridized carbons (Fsp3) is 0.333. The lowest BCUT2D eigenvalue weighted by Crippen LogP contribution is -2.43. The van der Waals surface area contributed by atoms with E-state index in [4.69, 9.17) is 4.52 Å². The van der Waals surface area contributed by atoms with Crippen LogP contribution < -0.4 is 10.9 Å². The Morgan fingerprint density at radius 2 is 2.12 bits per heavy atom. The van der Waals surface area contributed by atoms with E-state index in [2.05, 4.69) is 10.3 Å². The van der Waals surface area contributed by atoms with Crippen molar-refractivity contribution in [2.45, 2.75) is 12.8 Å². The van der Waals surface area contributed by atoms with E-state index >= 15 is 0 Å². The quantitative estimate of drug-likeness (QED) is 0.792. The van der Waals surface area contributed by atoms with Crippen LogP contribution in [0.1, 0.15) is 21.8 Å². The number of carbonyl (C=O) groups excluding carboxylic acids is 2. The van der Waals surface area contributed by atoms with E-state index in [-0.39, 0.29) is 24.4 Å². The summed E-state index contributed by atoms with van der Waals surface area (Å²) in [5.41, 5.74) is -1.55. The third-order valence-corrected chi connectivity index (χ3v) is 3.44. The lowest BCUT2D eigenvalue weighted by atomic mass is 10.2. The summed E-state index contributed by atoms with van der Waals surface area (Å²) in [6.45, 7) is 1.13. The minimum absolute atomic E-state index is 0.105. The summed E-state index contributed by atoms with van der Waals surface area (Å²) in [5, 5.41) is 4.38. The largest absolute Gasteiger partial charge is 0.383 e. The molecule has 25 heavy (non-hydrogen) atoms. The molecule has 0 aliphatic carbocycles. The summed E-state index contributed by atoms with van der Waals surface area (Å²) in [4.78, 5) is 39.5. The van der Waals surface area contributed by atoms with Crippen LogP contribution >= 0.6 is 0 Å². The smallest absolute Gasteiger partial charge is 0.366 e. The first-order valence-corrected chi connectivity index (χ1v) is 7.26. The summed E-state index contributed by atoms with van der Waals surface area (Å²) >= 11 is 0. The lowest BCUT2D eigenvalue weighted by Gasteiger charge is -2.23. The molecular formula is C15H16F2N4O4. The number of pyridine rings is 1. The van der Waals surface area contributed by atoms with Crippen LogP contribution in [0.5, 0.6) is 0 Å². The summed E-state index contributed by atoms with van der Waals surface area (Å²) in [6, 6.07) is 3.87. The Morgan fingerprint density at radius 1 is 1.40 bits per heavy atom. The number of aryl methyl sites for hydroxylation is 1. The fourth-order valence-corrected chi connectivity index (χ4v) is 2.07. The number of likely N-dealkylation sites (N-methyl/N-ethyl adjacent to an activating group) is 1. The number of halogens is 2. The van der Waals surface area contributed by atoms with Crippen molar-refractivity contribution in [2.75, 3.05) is 20.1 Å². The lowest BCUT2D eigenvalue weighted by molar-refractivity contribution is -0.158. The van der Waals surface area contributed by atoms with Gasteiger partial charge in [0.1, 0.15) is 17.0 Å². The molecule has 0 aliphatic rings. The normalized spacial score (nSPS) is 11.2. The molecule has 0 radical (unpaired) electrons. The van der Waals surface area contributed by atoms with Gasteiger partial charge in [0.05, 0.1) is 0 Å². The van der Waals surface area contributed by atoms with Crippen LogP contribution in [0.3, 0.4) is 0 Å². The van der Waals surface area contributed by atoms with Gasteiger partial charge in [-0.2, -0.15) is 13.9 Å². The van der Waals surface area contributed by atoms with Crippen molar-refractivity contribution in [1.82, 2.24) is 20.4 Å². The first-order chi connectivity index (χ1) is 11.7. The van der Waals surface area contributed by atoms with Gasteiger partial charge in [0.25, 0.3) is 17.4 Å². The first-order valence-electron chi connectivity index (χ1n) is 7.26. The minimum atomic E-state index is -3.78. The van der Waals surface area contributed by atoms with E-state index in [0.29, 0.717) is 0 Å². The van der Waals surface area contributed by atoms with Crippen LogP contribution in [0.25, 0.3) is 0 Å². The first kappa shape index (κ1) is 18.3. The number of amides is 2. The van der Waals surface area contributed by atoms with Crippen molar-refractivity contribution in [1.29, 1.82) is 0 Å². The van der Waals surface area contributed by atoms with Gasteiger partial charge in [-0.05, 0) is 19.1 Å². The van der Waals surface area contributed by atoms with Gasteiger partial charge < -0.3 is 14.7 Å². The Morgan fingerprint density at radius 3 is 2.68 bits per heavy atom. The highest BCUT2D eigenvalue weighted by atomic mass is 19.3. The Balaban J connectivity index is 1.94. The van der Waals surface area contributed by atoms with E-state index in [1.165, 1.54) is 32.3 Å². The van der Waals surface area contributed by atoms with Crippen molar-refractivity contribution in [3.63, 3.8) is 0 Å². The third-order valence-electron chi connectivity index (χ3n) is 3.44. The predicted molar refractivity (Wildman–Crippen MR) is 82.2 cm³/mol. The Kier molecular flexibility index (Phi) is 5.30. The van der Waals surface area contributed by atoms with Gasteiger partial charge in [-0.3, -0.25) is 19.4 Å². The van der Waals surface area contributed by atoms with Crippen LogP contribution in [0, 0.1) is 6.92 Å². The number of hydrogen-bond donors (Lipinski definition) is 2. The standard InChI is InChI=1S/C15H16F2N4O4/c1-9-11(13(23)20-25-9)12(22)19-7-8-21(2)14(24)15(16,17)10-5-3-4-6-18-10/h3-6H,7-8H2,1-2H3,(H,19,22)(H,20,23). The molecule has 2 heterocycles. The summed E-state index contributed by atoms with van der Waals surface area (Å²) < 4.78 is 32.9. The van der Waals surface area contributed by atoms with Crippen molar-refractivity contribution in [2.24, 2.45) is 0 Å². The Bertz CT molecular complexity index is 816. The highest BCUT2D eigenvalue weighted by Crippen LogP contribution is 2.27. The summed E-state index contributed by atoms with van der Waals surface area (Å²) in [7, 11) is 1.18. The summed E-state index contributed by atoms with van der Waals surface area (Å²) in [5.74, 6) is -5.84. The van der Waals surface area contributed by atoms with Crippen molar-refractivity contribution in [3.05, 3.63) is 51.8 Å². The fourth-order valence-electron chi connectivity index (χ4n) is 2.07. The van der Waals surface area contributed by atoms with E-state index in [9.17, 15) is 23.2 Å². The number of H-pyrrole nitrogens is 1. The zero-order valence-electron chi connectivity index (χ0n) is 13.5. The molecular weight excluding hydrogens is 338 g/mol. The van der Waals surface area contributed by atoms with Gasteiger partial charge in [-0.1, -0.05) is 6.07 Å². The highest BCUT2D eigenvalue weighted by Gasteiger charge is 2.44. The van der Waals surface area contributed by atoms with Gasteiger partial charge in [0.15, 0.2) is 0 Å². The second-order valence-electron chi connectivity index (χ2n) is 5.24. The number of alkyl halides is 2. The second kappa shape index (κ2) is 7.24. The van der Waals surface area contributed by atoms with E-state index < -0.39 is 29.0 Å². The topological polar surface area (TPSA) is 108 Å². The highest BCUT2D eigenvalue weighted by molar-refractivity contribution is 5.94. The van der Waals surface area contributed by atoms with E-state index in [1.54, 1.807) is 0 Å². The molecule has 10 heteroatoms. The molecule has 0 saturated heterocycles. The Hall–Kier alpha value is -3.04. The zero-order valence-corrected chi connectivity index (χ0v) is 13.5. The molecule has 0 aromatic carbocycles. The Labute approximate surface area is 140 Å². The monoisotopic (exact) mass is 354 g/mol. The molecule has 2 rings (SSSR count). The molecule has 2 aromatic rings. The maximum absolute atomic E-state index is 14.1. The van der Waals surface area contributed by atoms with Gasteiger partial charge in [0.2, 0.25) is 0 Å².